The summed E-state index contributed by atoms with van der Waals surface area (Å²) < 4.78 is 12.8. The van der Waals surface area contributed by atoms with Crippen LogP contribution in [0, 0.1) is 5.82 Å². The van der Waals surface area contributed by atoms with Crippen LogP contribution in [0.2, 0.25) is 0 Å². The minimum atomic E-state index is -0.282. The quantitative estimate of drug-likeness (QED) is 0.889. The maximum Gasteiger partial charge on any atom is 0.251 e. The summed E-state index contributed by atoms with van der Waals surface area (Å²) in [5.41, 5.74) is 1.35. The Bertz CT molecular complexity index is 671. The number of benzene rings is 1. The molecule has 2 aromatic rings. The first-order chi connectivity index (χ1) is 10.5. The van der Waals surface area contributed by atoms with Gasteiger partial charge in [-0.1, -0.05) is 12.1 Å². The summed E-state index contributed by atoms with van der Waals surface area (Å²) in [4.78, 5) is 26.9. The van der Waals surface area contributed by atoms with Crippen LogP contribution in [0.5, 0.6) is 0 Å². The van der Waals surface area contributed by atoms with Crippen LogP contribution in [0.25, 0.3) is 0 Å². The number of pyridine rings is 1. The average Bonchev–Trinajstić information content (AvgIpc) is 2.49. The zero-order valence-corrected chi connectivity index (χ0v) is 12.1. The summed E-state index contributed by atoms with van der Waals surface area (Å²) in [5.74, 6) is -0.453. The zero-order chi connectivity index (χ0) is 15.9. The van der Waals surface area contributed by atoms with Gasteiger partial charge in [-0.2, -0.15) is 0 Å². The van der Waals surface area contributed by atoms with Crippen LogP contribution in [0.4, 0.5) is 10.2 Å². The first kappa shape index (κ1) is 15.6. The van der Waals surface area contributed by atoms with Gasteiger partial charge in [0.05, 0.1) is 0 Å². The third-order valence-electron chi connectivity index (χ3n) is 2.94. The van der Waals surface area contributed by atoms with Crippen LogP contribution in [-0.2, 0) is 11.2 Å². The zero-order valence-electron chi connectivity index (χ0n) is 12.1. The molecule has 114 valence electrons. The Morgan fingerprint density at radius 1 is 1.18 bits per heavy atom. The molecule has 2 amide bonds. The van der Waals surface area contributed by atoms with Crippen molar-refractivity contribution in [1.82, 2.24) is 10.3 Å². The molecule has 0 aliphatic carbocycles. The van der Waals surface area contributed by atoms with Crippen molar-refractivity contribution in [1.29, 1.82) is 0 Å². The predicted molar refractivity (Wildman–Crippen MR) is 81.0 cm³/mol. The van der Waals surface area contributed by atoms with Crippen molar-refractivity contribution >= 4 is 17.6 Å². The molecule has 0 saturated heterocycles. The van der Waals surface area contributed by atoms with E-state index < -0.39 is 0 Å². The van der Waals surface area contributed by atoms with Gasteiger partial charge in [0.25, 0.3) is 5.91 Å². The summed E-state index contributed by atoms with van der Waals surface area (Å²) >= 11 is 0. The van der Waals surface area contributed by atoms with Crippen molar-refractivity contribution in [2.75, 3.05) is 11.9 Å². The minimum absolute atomic E-state index is 0.249. The van der Waals surface area contributed by atoms with Crippen LogP contribution in [0.1, 0.15) is 22.8 Å². The van der Waals surface area contributed by atoms with Gasteiger partial charge in [-0.15, -0.1) is 0 Å². The van der Waals surface area contributed by atoms with Gasteiger partial charge in [-0.3, -0.25) is 9.59 Å². The van der Waals surface area contributed by atoms with Crippen molar-refractivity contribution in [2.45, 2.75) is 13.3 Å². The molecule has 6 heteroatoms. The highest BCUT2D eigenvalue weighted by molar-refractivity contribution is 5.96. The first-order valence-electron chi connectivity index (χ1n) is 6.81. The smallest absolute Gasteiger partial charge is 0.251 e. The largest absolute Gasteiger partial charge is 0.352 e. The summed E-state index contributed by atoms with van der Waals surface area (Å²) in [6.07, 6.45) is 2.07. The lowest BCUT2D eigenvalue weighted by atomic mass is 10.1. The number of rotatable bonds is 5. The van der Waals surface area contributed by atoms with Crippen molar-refractivity contribution in [2.24, 2.45) is 0 Å². The van der Waals surface area contributed by atoms with Crippen LogP contribution in [0.15, 0.2) is 42.6 Å². The maximum atomic E-state index is 12.8. The Labute approximate surface area is 127 Å². The third kappa shape index (κ3) is 4.66. The van der Waals surface area contributed by atoms with E-state index in [1.165, 1.54) is 31.3 Å². The second-order valence-corrected chi connectivity index (χ2v) is 4.74. The summed E-state index contributed by atoms with van der Waals surface area (Å²) in [7, 11) is 0. The molecule has 2 N–H and O–H groups in total. The van der Waals surface area contributed by atoms with Gasteiger partial charge in [0.15, 0.2) is 0 Å². The number of hydrogen-bond acceptors (Lipinski definition) is 3. The Balaban J connectivity index is 1.89. The van der Waals surface area contributed by atoms with E-state index in [0.29, 0.717) is 24.3 Å². The van der Waals surface area contributed by atoms with Gasteiger partial charge < -0.3 is 10.6 Å². The fourth-order valence-electron chi connectivity index (χ4n) is 1.89. The van der Waals surface area contributed by atoms with Crippen LogP contribution < -0.4 is 10.6 Å². The standard InChI is InChI=1S/C16H16FN3O2/c1-11(21)20-15-10-13(7-9-18-15)16(22)19-8-6-12-2-4-14(17)5-3-12/h2-5,7,9-10H,6,8H2,1H3,(H,19,22)(H,18,20,21). The lowest BCUT2D eigenvalue weighted by Gasteiger charge is -2.07. The lowest BCUT2D eigenvalue weighted by molar-refractivity contribution is -0.114. The van der Waals surface area contributed by atoms with E-state index in [1.807, 2.05) is 0 Å². The molecule has 22 heavy (non-hydrogen) atoms. The number of aromatic nitrogens is 1. The van der Waals surface area contributed by atoms with Gasteiger partial charge >= 0.3 is 0 Å². The van der Waals surface area contributed by atoms with Crippen molar-refractivity contribution in [3.05, 3.63) is 59.5 Å². The van der Waals surface area contributed by atoms with E-state index in [4.69, 9.17) is 0 Å². The minimum Gasteiger partial charge on any atom is -0.352 e. The van der Waals surface area contributed by atoms with Crippen LogP contribution >= 0.6 is 0 Å². The molecule has 1 aromatic heterocycles. The topological polar surface area (TPSA) is 71.1 Å². The first-order valence-corrected chi connectivity index (χ1v) is 6.81. The number of carbonyl (C=O) groups is 2. The fraction of sp³-hybridized carbons (Fsp3) is 0.188. The molecule has 0 saturated carbocycles. The molecule has 1 aromatic carbocycles. The number of nitrogens with one attached hydrogen (secondary N) is 2. The van der Waals surface area contributed by atoms with Crippen molar-refractivity contribution in [3.63, 3.8) is 0 Å². The molecular weight excluding hydrogens is 285 g/mol. The number of anilines is 1. The number of hydrogen-bond donors (Lipinski definition) is 2. The Morgan fingerprint density at radius 3 is 2.59 bits per heavy atom. The van der Waals surface area contributed by atoms with Gasteiger partial charge in [0.1, 0.15) is 11.6 Å². The lowest BCUT2D eigenvalue weighted by Crippen LogP contribution is -2.26. The molecule has 0 fully saturated rings. The SMILES string of the molecule is CC(=O)Nc1cc(C(=O)NCCc2ccc(F)cc2)ccn1. The molecule has 0 aliphatic heterocycles. The van der Waals surface area contributed by atoms with Crippen LogP contribution in [0.3, 0.4) is 0 Å². The highest BCUT2D eigenvalue weighted by atomic mass is 19.1. The fourth-order valence-corrected chi connectivity index (χ4v) is 1.89. The number of halogens is 1. The normalized spacial score (nSPS) is 10.1. The molecule has 5 nitrogen and oxygen atoms in total. The molecule has 0 aliphatic rings. The van der Waals surface area contributed by atoms with Gasteiger partial charge in [-0.05, 0) is 36.2 Å². The molecule has 0 atom stereocenters. The van der Waals surface area contributed by atoms with E-state index in [1.54, 1.807) is 18.2 Å². The van der Waals surface area contributed by atoms with Gasteiger partial charge in [-0.25, -0.2) is 9.37 Å². The van der Waals surface area contributed by atoms with Crippen molar-refractivity contribution in [3.8, 4) is 0 Å². The third-order valence-corrected chi connectivity index (χ3v) is 2.94. The van der Waals surface area contributed by atoms with E-state index in [-0.39, 0.29) is 17.6 Å². The Morgan fingerprint density at radius 2 is 1.91 bits per heavy atom. The van der Waals surface area contributed by atoms with Crippen LogP contribution in [-0.4, -0.2) is 23.3 Å². The highest BCUT2D eigenvalue weighted by Gasteiger charge is 2.07. The molecule has 0 bridgehead atoms. The monoisotopic (exact) mass is 301 g/mol. The van der Waals surface area contributed by atoms with E-state index >= 15 is 0 Å². The molecule has 0 unspecified atom stereocenters. The summed E-state index contributed by atoms with van der Waals surface area (Å²) in [5, 5.41) is 5.29. The average molecular weight is 301 g/mol. The van der Waals surface area contributed by atoms with Crippen molar-refractivity contribution < 1.29 is 14.0 Å². The maximum absolute atomic E-state index is 12.8. The van der Waals surface area contributed by atoms with E-state index in [0.717, 1.165) is 5.56 Å². The van der Waals surface area contributed by atoms with Gasteiger partial charge in [0.2, 0.25) is 5.91 Å². The molecule has 2 rings (SSSR count). The summed E-state index contributed by atoms with van der Waals surface area (Å²) in [6.45, 7) is 1.80. The second kappa shape index (κ2) is 7.31. The highest BCUT2D eigenvalue weighted by Crippen LogP contribution is 2.07. The Hall–Kier alpha value is -2.76. The number of amides is 2. The Kier molecular flexibility index (Phi) is 5.19. The second-order valence-electron chi connectivity index (χ2n) is 4.74. The van der Waals surface area contributed by atoms with E-state index in [2.05, 4.69) is 15.6 Å². The summed E-state index contributed by atoms with van der Waals surface area (Å²) in [6, 6.07) is 9.22. The number of carbonyl (C=O) groups excluding carboxylic acids is 2. The molecular formula is C16H16FN3O2. The predicted octanol–water partition coefficient (Wildman–Crippen LogP) is 2.15. The molecule has 1 heterocycles. The van der Waals surface area contributed by atoms with E-state index in [9.17, 15) is 14.0 Å². The number of nitrogens with zero attached hydrogens (tertiary/aromatic N) is 1. The molecule has 0 radical (unpaired) electrons. The van der Waals surface area contributed by atoms with Gasteiger partial charge in [0, 0.05) is 25.2 Å². The molecule has 0 spiro atoms.